The Kier molecular flexibility index (Phi) is 14.9. The van der Waals surface area contributed by atoms with Crippen LogP contribution in [0.2, 0.25) is 0 Å². The Labute approximate surface area is 262 Å². The number of thiophene rings is 1. The van der Waals surface area contributed by atoms with Gasteiger partial charge in [0.15, 0.2) is 0 Å². The molecule has 2 N–H and O–H groups in total. The molecule has 2 aliphatic rings. The summed E-state index contributed by atoms with van der Waals surface area (Å²) in [5, 5.41) is 5.77. The van der Waals surface area contributed by atoms with E-state index < -0.39 is 0 Å². The average Bonchev–Trinajstić information content (AvgIpc) is 3.71. The predicted octanol–water partition coefficient (Wildman–Crippen LogP) is 7.71. The number of nitrogens with zero attached hydrogens (tertiary/aromatic N) is 2. The molecule has 4 rings (SSSR count). The average molecular weight is 654 g/mol. The molecule has 7 nitrogen and oxygen atoms in total. The zero-order chi connectivity index (χ0) is 31.1. The highest BCUT2D eigenvalue weighted by atomic mass is 79.9. The van der Waals surface area contributed by atoms with Crippen molar-refractivity contribution in [2.45, 2.75) is 65.8 Å². The minimum atomic E-state index is -0.181. The lowest BCUT2D eigenvalue weighted by Gasteiger charge is -2.22. The van der Waals surface area contributed by atoms with Crippen molar-refractivity contribution in [3.63, 3.8) is 0 Å². The summed E-state index contributed by atoms with van der Waals surface area (Å²) in [5.74, 6) is -0.0958. The Morgan fingerprint density at radius 2 is 1.90 bits per heavy atom. The maximum Gasteiger partial charge on any atom is 0.261 e. The van der Waals surface area contributed by atoms with Crippen LogP contribution in [0.1, 0.15) is 68.6 Å². The van der Waals surface area contributed by atoms with E-state index in [9.17, 15) is 14.4 Å². The minimum absolute atomic E-state index is 0.0256. The minimum Gasteiger partial charge on any atom is -0.349 e. The molecular formula is C33H41BrN4O3S. The number of carbonyl (C=O) groups is 3. The van der Waals surface area contributed by atoms with Gasteiger partial charge in [-0.3, -0.25) is 19.4 Å². The first-order chi connectivity index (χ1) is 20.3. The molecule has 1 fully saturated rings. The lowest BCUT2D eigenvalue weighted by atomic mass is 10.1. The third-order valence-corrected chi connectivity index (χ3v) is 7.66. The number of para-hydroxylation sites is 1. The van der Waals surface area contributed by atoms with E-state index in [0.29, 0.717) is 23.5 Å². The van der Waals surface area contributed by atoms with Crippen LogP contribution in [0.25, 0.3) is 10.4 Å². The number of halogens is 1. The van der Waals surface area contributed by atoms with Crippen LogP contribution in [0.5, 0.6) is 0 Å². The largest absolute Gasteiger partial charge is 0.349 e. The SMILES string of the molecule is C=CCC(=O)N1CCc2cc(C(=O)NC3CC3)sc2-c2ccccc21.C=CN=C/C(Br)=C/C(=O)N/C(C)=C/CC.CC. The highest BCUT2D eigenvalue weighted by molar-refractivity contribution is 9.12. The lowest BCUT2D eigenvalue weighted by molar-refractivity contribution is -0.118. The number of aliphatic imine (C=N–C) groups is 1. The number of fused-ring (bicyclic) bond motifs is 3. The molecule has 3 amide bonds. The normalized spacial score (nSPS) is 14.2. The molecule has 224 valence electrons. The van der Waals surface area contributed by atoms with Crippen LogP contribution < -0.4 is 15.5 Å². The summed E-state index contributed by atoms with van der Waals surface area (Å²) < 4.78 is 0.601. The van der Waals surface area contributed by atoms with Gasteiger partial charge in [-0.25, -0.2) is 0 Å². The molecule has 42 heavy (non-hydrogen) atoms. The van der Waals surface area contributed by atoms with Crippen LogP contribution in [-0.2, 0) is 16.0 Å². The summed E-state index contributed by atoms with van der Waals surface area (Å²) in [6.45, 7) is 15.6. The number of rotatable bonds is 9. The molecule has 1 aliphatic carbocycles. The van der Waals surface area contributed by atoms with E-state index in [1.165, 1.54) is 29.8 Å². The van der Waals surface area contributed by atoms with Crippen molar-refractivity contribution in [2.24, 2.45) is 4.99 Å². The fourth-order valence-corrected chi connectivity index (χ4v) is 5.53. The third kappa shape index (κ3) is 10.7. The van der Waals surface area contributed by atoms with Gasteiger partial charge < -0.3 is 15.5 Å². The van der Waals surface area contributed by atoms with Gasteiger partial charge in [-0.2, -0.15) is 0 Å². The highest BCUT2D eigenvalue weighted by Gasteiger charge is 2.28. The Bertz CT molecular complexity index is 1350. The van der Waals surface area contributed by atoms with Crippen LogP contribution in [0.4, 0.5) is 5.69 Å². The van der Waals surface area contributed by atoms with Crippen LogP contribution in [-0.4, -0.2) is 36.5 Å². The summed E-state index contributed by atoms with van der Waals surface area (Å²) in [4.78, 5) is 43.7. The molecule has 2 heterocycles. The zero-order valence-electron chi connectivity index (χ0n) is 24.9. The Hall–Kier alpha value is -3.56. The molecule has 0 atom stereocenters. The van der Waals surface area contributed by atoms with Crippen LogP contribution in [0, 0.1) is 0 Å². The molecule has 0 unspecified atom stereocenters. The lowest BCUT2D eigenvalue weighted by Crippen LogP contribution is -2.31. The zero-order valence-corrected chi connectivity index (χ0v) is 27.3. The van der Waals surface area contributed by atoms with Gasteiger partial charge in [-0.1, -0.05) is 57.7 Å². The first kappa shape index (κ1) is 34.6. The predicted molar refractivity (Wildman–Crippen MR) is 180 cm³/mol. The maximum absolute atomic E-state index is 12.5. The molecule has 1 saturated carbocycles. The van der Waals surface area contributed by atoms with Crippen molar-refractivity contribution in [3.05, 3.63) is 88.5 Å². The molecule has 0 saturated heterocycles. The molecule has 0 spiro atoms. The first-order valence-electron chi connectivity index (χ1n) is 14.2. The monoisotopic (exact) mass is 652 g/mol. The van der Waals surface area contributed by atoms with Crippen molar-refractivity contribution in [1.82, 2.24) is 10.6 Å². The molecule has 0 bridgehead atoms. The van der Waals surface area contributed by atoms with E-state index in [1.54, 1.807) is 6.08 Å². The van der Waals surface area contributed by atoms with Gasteiger partial charge >= 0.3 is 0 Å². The van der Waals surface area contributed by atoms with Gasteiger partial charge in [0.2, 0.25) is 11.8 Å². The van der Waals surface area contributed by atoms with Gasteiger partial charge in [0, 0.05) is 58.1 Å². The second-order valence-electron chi connectivity index (χ2n) is 9.29. The number of benzene rings is 1. The van der Waals surface area contributed by atoms with E-state index in [-0.39, 0.29) is 17.7 Å². The smallest absolute Gasteiger partial charge is 0.261 e. The number of hydrogen-bond donors (Lipinski definition) is 2. The number of carbonyl (C=O) groups excluding carboxylic acids is 3. The second kappa shape index (κ2) is 18.1. The van der Waals surface area contributed by atoms with Crippen LogP contribution in [0.15, 0.2) is 83.1 Å². The summed E-state index contributed by atoms with van der Waals surface area (Å²) >= 11 is 4.72. The molecule has 1 aromatic heterocycles. The van der Waals surface area contributed by atoms with Gasteiger partial charge in [0.1, 0.15) is 0 Å². The van der Waals surface area contributed by atoms with E-state index in [4.69, 9.17) is 0 Å². The fraction of sp³-hybridized carbons (Fsp3) is 0.333. The number of nitrogens with one attached hydrogen (secondary N) is 2. The third-order valence-electron chi connectivity index (χ3n) is 6.01. The summed E-state index contributed by atoms with van der Waals surface area (Å²) in [6.07, 6.45) is 12.1. The maximum atomic E-state index is 12.5. The Balaban J connectivity index is 0.000000314. The summed E-state index contributed by atoms with van der Waals surface area (Å²) in [7, 11) is 0. The molecule has 1 aliphatic heterocycles. The van der Waals surface area contributed by atoms with Crippen LogP contribution >= 0.6 is 27.3 Å². The second-order valence-corrected chi connectivity index (χ2v) is 11.3. The molecule has 9 heteroatoms. The van der Waals surface area contributed by atoms with Crippen molar-refractivity contribution in [1.29, 1.82) is 0 Å². The summed E-state index contributed by atoms with van der Waals surface area (Å²) in [6, 6.07) is 10.3. The Morgan fingerprint density at radius 1 is 1.19 bits per heavy atom. The van der Waals surface area contributed by atoms with E-state index in [2.05, 4.69) is 44.7 Å². The van der Waals surface area contributed by atoms with Gasteiger partial charge in [-0.05, 0) is 66.2 Å². The highest BCUT2D eigenvalue weighted by Crippen LogP contribution is 2.41. The van der Waals surface area contributed by atoms with Gasteiger partial charge in [-0.15, -0.1) is 17.9 Å². The first-order valence-corrected chi connectivity index (χ1v) is 15.8. The summed E-state index contributed by atoms with van der Waals surface area (Å²) in [5.41, 5.74) is 3.94. The van der Waals surface area contributed by atoms with Crippen molar-refractivity contribution >= 4 is 56.9 Å². The Morgan fingerprint density at radius 3 is 2.55 bits per heavy atom. The molecular weight excluding hydrogens is 612 g/mol. The number of allylic oxidation sites excluding steroid dienone is 3. The fourth-order valence-electron chi connectivity index (χ4n) is 4.06. The number of hydrogen-bond acceptors (Lipinski definition) is 5. The van der Waals surface area contributed by atoms with Crippen molar-refractivity contribution in [3.8, 4) is 10.4 Å². The topological polar surface area (TPSA) is 90.9 Å². The van der Waals surface area contributed by atoms with Crippen molar-refractivity contribution < 1.29 is 14.4 Å². The number of amides is 3. The molecule has 2 aromatic rings. The standard InChI is InChI=1S/C20H20N2O2S.C11H15BrN2O.C2H6/c1-2-5-18(23)22-11-10-13-12-17(20(24)21-14-8-9-14)25-19(13)15-6-3-4-7-16(15)22;1-4-6-9(3)14-11(15)7-10(12)8-13-5-2;1-2/h2-4,6-7,12,14H,1,5,8-11H2,(H,21,24);5-8H,2,4H2,1,3H3,(H,14,15);1-2H3/b;9-6+,10-7-,13-8?;. The number of anilines is 1. The van der Waals surface area contributed by atoms with Crippen molar-refractivity contribution in [2.75, 3.05) is 11.4 Å². The van der Waals surface area contributed by atoms with Gasteiger partial charge in [0.25, 0.3) is 5.91 Å². The van der Waals surface area contributed by atoms with E-state index >= 15 is 0 Å². The molecule has 0 radical (unpaired) electrons. The van der Waals surface area contributed by atoms with Gasteiger partial charge in [0.05, 0.1) is 10.6 Å². The van der Waals surface area contributed by atoms with E-state index in [0.717, 1.165) is 57.9 Å². The van der Waals surface area contributed by atoms with E-state index in [1.807, 2.05) is 69.0 Å². The molecule has 1 aromatic carbocycles. The van der Waals surface area contributed by atoms with Crippen LogP contribution in [0.3, 0.4) is 0 Å². The quantitative estimate of drug-likeness (QED) is 0.165.